The second-order valence-corrected chi connectivity index (χ2v) is 9.22. The summed E-state index contributed by atoms with van der Waals surface area (Å²) in [7, 11) is 1.63. The highest BCUT2D eigenvalue weighted by molar-refractivity contribution is 5.81. The van der Waals surface area contributed by atoms with Crippen LogP contribution in [0.25, 0.3) is 11.1 Å². The molecule has 7 nitrogen and oxygen atoms in total. The van der Waals surface area contributed by atoms with Crippen LogP contribution in [0, 0.1) is 5.92 Å². The minimum atomic E-state index is -0.936. The zero-order valence-electron chi connectivity index (χ0n) is 19.5. The van der Waals surface area contributed by atoms with Crippen LogP contribution in [0.1, 0.15) is 55.6 Å². The van der Waals surface area contributed by atoms with Crippen molar-refractivity contribution in [3.05, 3.63) is 59.7 Å². The van der Waals surface area contributed by atoms with E-state index in [1.165, 1.54) is 16.0 Å². The zero-order valence-corrected chi connectivity index (χ0v) is 19.5. The number of carboxylic acids is 1. The number of benzene rings is 2. The second-order valence-electron chi connectivity index (χ2n) is 9.22. The first-order valence-electron chi connectivity index (χ1n) is 12.0. The third-order valence-corrected chi connectivity index (χ3v) is 7.02. The summed E-state index contributed by atoms with van der Waals surface area (Å²) in [6, 6.07) is 16.1. The number of alkyl carbamates (subject to hydrolysis) is 1. The highest BCUT2D eigenvalue weighted by atomic mass is 16.5. The summed E-state index contributed by atoms with van der Waals surface area (Å²) in [5.41, 5.74) is 4.65. The molecule has 2 aliphatic carbocycles. The van der Waals surface area contributed by atoms with Crippen LogP contribution in [0.2, 0.25) is 0 Å². The summed E-state index contributed by atoms with van der Waals surface area (Å²) < 4.78 is 5.70. The summed E-state index contributed by atoms with van der Waals surface area (Å²) in [6.45, 7) is 0.381. The largest absolute Gasteiger partial charge is 0.481 e. The first-order chi connectivity index (χ1) is 16.5. The van der Waals surface area contributed by atoms with E-state index in [9.17, 15) is 14.4 Å². The van der Waals surface area contributed by atoms with Crippen molar-refractivity contribution in [3.63, 3.8) is 0 Å². The number of ether oxygens (including phenoxy) is 1. The van der Waals surface area contributed by atoms with Crippen molar-refractivity contribution in [3.8, 4) is 11.1 Å². The molecule has 0 aliphatic heterocycles. The van der Waals surface area contributed by atoms with Gasteiger partial charge in [0.15, 0.2) is 0 Å². The number of carboxylic acid groups (broad SMARTS) is 1. The standard InChI is InChI=1S/C27H32N2O5/c1-29(16-15-25(30)31)26(32)22-13-3-2-4-14-24(22)28-27(33)34-17-23-20-11-7-5-9-18(20)19-10-6-8-12-21(19)23/h5-12,22-24H,2-4,13-17H2,1H3,(H,28,33)(H,30,31). The molecule has 0 spiro atoms. The van der Waals surface area contributed by atoms with Crippen LogP contribution in [0.3, 0.4) is 0 Å². The SMILES string of the molecule is CN(CCC(=O)O)C(=O)C1CCCCCC1NC(=O)OCC1c2ccccc2-c2ccccc21. The number of rotatable bonds is 7. The monoisotopic (exact) mass is 464 g/mol. The van der Waals surface area contributed by atoms with Gasteiger partial charge in [-0.25, -0.2) is 4.79 Å². The number of aliphatic carboxylic acids is 1. The van der Waals surface area contributed by atoms with Gasteiger partial charge in [-0.15, -0.1) is 0 Å². The molecule has 2 atom stereocenters. The van der Waals surface area contributed by atoms with E-state index in [2.05, 4.69) is 29.6 Å². The minimum Gasteiger partial charge on any atom is -0.481 e. The minimum absolute atomic E-state index is 0.0214. The molecule has 0 radical (unpaired) electrons. The molecular formula is C27H32N2O5. The van der Waals surface area contributed by atoms with Gasteiger partial charge in [-0.2, -0.15) is 0 Å². The molecule has 4 rings (SSSR count). The topological polar surface area (TPSA) is 95.9 Å². The maximum absolute atomic E-state index is 13.0. The van der Waals surface area contributed by atoms with Crippen LogP contribution in [0.5, 0.6) is 0 Å². The number of carbonyl (C=O) groups is 3. The molecule has 0 aromatic heterocycles. The molecule has 34 heavy (non-hydrogen) atoms. The molecule has 0 bridgehead atoms. The predicted octanol–water partition coefficient (Wildman–Crippen LogP) is 4.41. The van der Waals surface area contributed by atoms with E-state index in [-0.39, 0.29) is 43.4 Å². The van der Waals surface area contributed by atoms with Crippen molar-refractivity contribution in [1.82, 2.24) is 10.2 Å². The number of nitrogens with one attached hydrogen (secondary N) is 1. The average molecular weight is 465 g/mol. The van der Waals surface area contributed by atoms with Gasteiger partial charge >= 0.3 is 12.1 Å². The lowest BCUT2D eigenvalue weighted by Gasteiger charge is -2.29. The van der Waals surface area contributed by atoms with Crippen LogP contribution < -0.4 is 5.32 Å². The molecule has 0 heterocycles. The van der Waals surface area contributed by atoms with Crippen LogP contribution in [0.4, 0.5) is 4.79 Å². The summed E-state index contributed by atoms with van der Waals surface area (Å²) in [5, 5.41) is 11.9. The van der Waals surface area contributed by atoms with Gasteiger partial charge in [0, 0.05) is 25.6 Å². The van der Waals surface area contributed by atoms with E-state index in [1.54, 1.807) is 7.05 Å². The molecule has 2 amide bonds. The van der Waals surface area contributed by atoms with E-state index in [0.29, 0.717) is 12.8 Å². The lowest BCUT2D eigenvalue weighted by Crippen LogP contribution is -2.47. The molecule has 1 saturated carbocycles. The Labute approximate surface area is 200 Å². The Morgan fingerprint density at radius 3 is 2.24 bits per heavy atom. The van der Waals surface area contributed by atoms with Crippen LogP contribution >= 0.6 is 0 Å². The second kappa shape index (κ2) is 10.7. The molecule has 2 unspecified atom stereocenters. The van der Waals surface area contributed by atoms with E-state index >= 15 is 0 Å². The van der Waals surface area contributed by atoms with Crippen molar-refractivity contribution in [2.75, 3.05) is 20.2 Å². The van der Waals surface area contributed by atoms with Gasteiger partial charge < -0.3 is 20.1 Å². The quantitative estimate of drug-likeness (QED) is 0.592. The number of hydrogen-bond acceptors (Lipinski definition) is 4. The van der Waals surface area contributed by atoms with Crippen molar-refractivity contribution in [1.29, 1.82) is 0 Å². The first kappa shape index (κ1) is 23.8. The summed E-state index contributed by atoms with van der Waals surface area (Å²) in [5.74, 6) is -1.45. The Hall–Kier alpha value is -3.35. The molecule has 180 valence electrons. The third-order valence-electron chi connectivity index (χ3n) is 7.02. The van der Waals surface area contributed by atoms with Crippen molar-refractivity contribution in [2.24, 2.45) is 5.92 Å². The first-order valence-corrected chi connectivity index (χ1v) is 12.0. The Morgan fingerprint density at radius 1 is 0.971 bits per heavy atom. The zero-order chi connectivity index (χ0) is 24.1. The van der Waals surface area contributed by atoms with Crippen LogP contribution in [-0.2, 0) is 14.3 Å². The Kier molecular flexibility index (Phi) is 7.50. The molecule has 2 N–H and O–H groups in total. The van der Waals surface area contributed by atoms with Crippen LogP contribution in [-0.4, -0.2) is 54.2 Å². The number of carbonyl (C=O) groups excluding carboxylic acids is 2. The van der Waals surface area contributed by atoms with E-state index < -0.39 is 12.1 Å². The molecule has 2 aromatic carbocycles. The van der Waals surface area contributed by atoms with Gasteiger partial charge in [0.05, 0.1) is 12.3 Å². The van der Waals surface area contributed by atoms with Crippen molar-refractivity contribution < 1.29 is 24.2 Å². The van der Waals surface area contributed by atoms with Crippen LogP contribution in [0.15, 0.2) is 48.5 Å². The van der Waals surface area contributed by atoms with Gasteiger partial charge in [-0.05, 0) is 35.1 Å². The number of amides is 2. The molecule has 2 aliphatic rings. The highest BCUT2D eigenvalue weighted by Crippen LogP contribution is 2.44. The van der Waals surface area contributed by atoms with Gasteiger partial charge in [-0.1, -0.05) is 67.8 Å². The van der Waals surface area contributed by atoms with Gasteiger partial charge in [-0.3, -0.25) is 9.59 Å². The molecule has 0 saturated heterocycles. The Balaban J connectivity index is 1.40. The third kappa shape index (κ3) is 5.24. The molecular weight excluding hydrogens is 432 g/mol. The van der Waals surface area contributed by atoms with Gasteiger partial charge in [0.25, 0.3) is 0 Å². The fourth-order valence-electron chi connectivity index (χ4n) is 5.22. The maximum atomic E-state index is 13.0. The summed E-state index contributed by atoms with van der Waals surface area (Å²) >= 11 is 0. The van der Waals surface area contributed by atoms with Gasteiger partial charge in [0.2, 0.25) is 5.91 Å². The maximum Gasteiger partial charge on any atom is 0.407 e. The highest BCUT2D eigenvalue weighted by Gasteiger charge is 2.34. The lowest BCUT2D eigenvalue weighted by molar-refractivity contribution is -0.139. The summed E-state index contributed by atoms with van der Waals surface area (Å²) in [4.78, 5) is 38.2. The molecule has 7 heteroatoms. The molecule has 1 fully saturated rings. The number of fused-ring (bicyclic) bond motifs is 3. The fourth-order valence-corrected chi connectivity index (χ4v) is 5.22. The Bertz CT molecular complexity index is 1010. The van der Waals surface area contributed by atoms with Crippen molar-refractivity contribution in [2.45, 2.75) is 50.5 Å². The number of nitrogens with zero attached hydrogens (tertiary/aromatic N) is 1. The van der Waals surface area contributed by atoms with Crippen molar-refractivity contribution >= 4 is 18.0 Å². The summed E-state index contributed by atoms with van der Waals surface area (Å²) in [6.07, 6.45) is 3.60. The van der Waals surface area contributed by atoms with E-state index in [4.69, 9.17) is 9.84 Å². The normalized spacial score (nSPS) is 19.4. The fraction of sp³-hybridized carbons (Fsp3) is 0.444. The molecule has 2 aromatic rings. The lowest BCUT2D eigenvalue weighted by atomic mass is 9.93. The average Bonchev–Trinajstić information content (AvgIpc) is 2.97. The number of hydrogen-bond donors (Lipinski definition) is 2. The predicted molar refractivity (Wildman–Crippen MR) is 128 cm³/mol. The van der Waals surface area contributed by atoms with E-state index in [1.807, 2.05) is 24.3 Å². The van der Waals surface area contributed by atoms with E-state index in [0.717, 1.165) is 30.4 Å². The smallest absolute Gasteiger partial charge is 0.407 e. The van der Waals surface area contributed by atoms with Gasteiger partial charge in [0.1, 0.15) is 6.61 Å². The Morgan fingerprint density at radius 2 is 1.59 bits per heavy atom.